The van der Waals surface area contributed by atoms with Crippen LogP contribution in [0.15, 0.2) is 12.4 Å². The molecule has 2 aromatic heterocycles. The molecule has 0 radical (unpaired) electrons. The Bertz CT molecular complexity index is 471. The first kappa shape index (κ1) is 7.87. The Morgan fingerprint density at radius 3 is 3.00 bits per heavy atom. The molecule has 2 heterocycles. The molecule has 5 heteroatoms. The van der Waals surface area contributed by atoms with E-state index in [-0.39, 0.29) is 0 Å². The first-order valence-corrected chi connectivity index (χ1v) is 4.78. The highest BCUT2D eigenvalue weighted by molar-refractivity contribution is 5.31. The predicted octanol–water partition coefficient (Wildman–Crippen LogP) is 0.460. The van der Waals surface area contributed by atoms with Gasteiger partial charge in [-0.2, -0.15) is 0 Å². The maximum atomic E-state index is 5.55. The fourth-order valence-corrected chi connectivity index (χ4v) is 1.62. The van der Waals surface area contributed by atoms with Crippen LogP contribution in [0.25, 0.3) is 5.78 Å². The van der Waals surface area contributed by atoms with Gasteiger partial charge in [0.1, 0.15) is 0 Å². The highest BCUT2D eigenvalue weighted by Crippen LogP contribution is 2.39. The third-order valence-electron chi connectivity index (χ3n) is 2.59. The Morgan fingerprint density at radius 1 is 1.43 bits per heavy atom. The van der Waals surface area contributed by atoms with Gasteiger partial charge in [-0.05, 0) is 24.3 Å². The average molecular weight is 189 g/mol. The van der Waals surface area contributed by atoms with Gasteiger partial charge in [0, 0.05) is 12.4 Å². The van der Waals surface area contributed by atoms with Crippen molar-refractivity contribution in [3.8, 4) is 0 Å². The van der Waals surface area contributed by atoms with Gasteiger partial charge >= 0.3 is 0 Å². The second-order valence-electron chi connectivity index (χ2n) is 3.65. The summed E-state index contributed by atoms with van der Waals surface area (Å²) in [6.07, 6.45) is 6.49. The number of fused-ring (bicyclic) bond motifs is 1. The summed E-state index contributed by atoms with van der Waals surface area (Å²) >= 11 is 0. The monoisotopic (exact) mass is 189 g/mol. The fraction of sp³-hybridized carbons (Fsp3) is 0.444. The molecule has 0 amide bonds. The van der Waals surface area contributed by atoms with Crippen molar-refractivity contribution in [1.29, 1.82) is 0 Å². The summed E-state index contributed by atoms with van der Waals surface area (Å²) in [5, 5.41) is 7.89. The molecule has 1 fully saturated rings. The van der Waals surface area contributed by atoms with E-state index in [1.165, 1.54) is 18.4 Å². The molecule has 5 nitrogen and oxygen atoms in total. The van der Waals surface area contributed by atoms with Crippen molar-refractivity contribution >= 4 is 5.78 Å². The minimum Gasteiger partial charge on any atom is -0.324 e. The number of rotatable bonds is 2. The normalized spacial score (nSPS) is 16.4. The molecule has 2 N–H and O–H groups in total. The quantitative estimate of drug-likeness (QED) is 0.745. The van der Waals surface area contributed by atoms with Crippen molar-refractivity contribution in [2.24, 2.45) is 5.73 Å². The first-order valence-electron chi connectivity index (χ1n) is 4.78. The summed E-state index contributed by atoms with van der Waals surface area (Å²) in [4.78, 5) is 4.24. The van der Waals surface area contributed by atoms with Crippen LogP contribution in [0.5, 0.6) is 0 Å². The van der Waals surface area contributed by atoms with Crippen molar-refractivity contribution in [3.63, 3.8) is 0 Å². The number of aromatic nitrogens is 4. The van der Waals surface area contributed by atoms with Crippen molar-refractivity contribution in [3.05, 3.63) is 23.8 Å². The molecule has 0 saturated heterocycles. The van der Waals surface area contributed by atoms with Gasteiger partial charge in [-0.1, -0.05) is 0 Å². The van der Waals surface area contributed by atoms with Gasteiger partial charge in [-0.15, -0.1) is 10.2 Å². The van der Waals surface area contributed by atoms with Crippen LogP contribution in [0.3, 0.4) is 0 Å². The van der Waals surface area contributed by atoms with E-state index < -0.39 is 0 Å². The lowest BCUT2D eigenvalue weighted by Crippen LogP contribution is -2.03. The van der Waals surface area contributed by atoms with E-state index >= 15 is 0 Å². The molecule has 0 spiro atoms. The molecule has 3 rings (SSSR count). The standard InChI is InChI=1S/C9H11N5/c10-3-8-12-13-9-11-4-7(5-14(8)9)6-1-2-6/h4-6H,1-3,10H2. The lowest BCUT2D eigenvalue weighted by Gasteiger charge is -1.99. The van der Waals surface area contributed by atoms with Gasteiger partial charge in [0.25, 0.3) is 5.78 Å². The molecule has 0 aromatic carbocycles. The molecule has 1 saturated carbocycles. The molecular weight excluding hydrogens is 178 g/mol. The van der Waals surface area contributed by atoms with Gasteiger partial charge in [0.2, 0.25) is 0 Å². The molecule has 0 aliphatic heterocycles. The largest absolute Gasteiger partial charge is 0.324 e. The molecule has 0 atom stereocenters. The zero-order chi connectivity index (χ0) is 9.54. The van der Waals surface area contributed by atoms with E-state index in [0.29, 0.717) is 18.2 Å². The van der Waals surface area contributed by atoms with E-state index in [1.807, 2.05) is 10.6 Å². The predicted molar refractivity (Wildman–Crippen MR) is 50.6 cm³/mol. The summed E-state index contributed by atoms with van der Waals surface area (Å²) in [6.45, 7) is 0.400. The summed E-state index contributed by atoms with van der Waals surface area (Å²) < 4.78 is 1.88. The minimum absolute atomic E-state index is 0.400. The van der Waals surface area contributed by atoms with Gasteiger partial charge < -0.3 is 5.73 Å². The Morgan fingerprint density at radius 2 is 2.29 bits per heavy atom. The summed E-state index contributed by atoms with van der Waals surface area (Å²) in [6, 6.07) is 0. The highest BCUT2D eigenvalue weighted by Gasteiger charge is 2.24. The van der Waals surface area contributed by atoms with Gasteiger partial charge in [-0.25, -0.2) is 4.98 Å². The molecule has 2 aromatic rings. The lowest BCUT2D eigenvalue weighted by molar-refractivity contribution is 0.873. The second kappa shape index (κ2) is 2.75. The Hall–Kier alpha value is -1.49. The van der Waals surface area contributed by atoms with E-state index in [2.05, 4.69) is 21.4 Å². The fourth-order valence-electron chi connectivity index (χ4n) is 1.62. The number of hydrogen-bond donors (Lipinski definition) is 1. The van der Waals surface area contributed by atoms with Crippen LogP contribution in [-0.2, 0) is 6.54 Å². The van der Waals surface area contributed by atoms with Gasteiger partial charge in [0.15, 0.2) is 5.82 Å². The summed E-state index contributed by atoms with van der Waals surface area (Å²) in [5.41, 5.74) is 6.82. The number of nitrogens with two attached hydrogens (primary N) is 1. The highest BCUT2D eigenvalue weighted by atomic mass is 15.3. The van der Waals surface area contributed by atoms with Crippen LogP contribution >= 0.6 is 0 Å². The van der Waals surface area contributed by atoms with Gasteiger partial charge in [0.05, 0.1) is 6.54 Å². The minimum atomic E-state index is 0.400. The molecule has 1 aliphatic rings. The van der Waals surface area contributed by atoms with Crippen LogP contribution < -0.4 is 5.73 Å². The molecule has 0 unspecified atom stereocenters. The molecular formula is C9H11N5. The number of nitrogens with zero attached hydrogens (tertiary/aromatic N) is 4. The third-order valence-corrected chi connectivity index (χ3v) is 2.59. The van der Waals surface area contributed by atoms with Crippen molar-refractivity contribution in [1.82, 2.24) is 19.6 Å². The zero-order valence-electron chi connectivity index (χ0n) is 7.72. The first-order chi connectivity index (χ1) is 6.88. The van der Waals surface area contributed by atoms with E-state index in [1.54, 1.807) is 0 Å². The van der Waals surface area contributed by atoms with Crippen molar-refractivity contribution in [2.75, 3.05) is 0 Å². The summed E-state index contributed by atoms with van der Waals surface area (Å²) in [5.74, 6) is 2.10. The average Bonchev–Trinajstić information content (AvgIpc) is 2.98. The molecule has 0 bridgehead atoms. The van der Waals surface area contributed by atoms with Crippen LogP contribution in [0.4, 0.5) is 0 Å². The van der Waals surface area contributed by atoms with Crippen molar-refractivity contribution in [2.45, 2.75) is 25.3 Å². The Balaban J connectivity index is 2.18. The second-order valence-corrected chi connectivity index (χ2v) is 3.65. The van der Waals surface area contributed by atoms with Gasteiger partial charge in [-0.3, -0.25) is 4.40 Å². The maximum absolute atomic E-state index is 5.55. The maximum Gasteiger partial charge on any atom is 0.255 e. The van der Waals surface area contributed by atoms with E-state index in [4.69, 9.17) is 5.73 Å². The van der Waals surface area contributed by atoms with Crippen molar-refractivity contribution < 1.29 is 0 Å². The molecule has 1 aliphatic carbocycles. The molecule has 14 heavy (non-hydrogen) atoms. The van der Waals surface area contributed by atoms with Crippen LogP contribution in [-0.4, -0.2) is 19.6 Å². The SMILES string of the molecule is NCc1nnc2ncc(C3CC3)cn12. The smallest absolute Gasteiger partial charge is 0.255 e. The Kier molecular flexibility index (Phi) is 1.55. The topological polar surface area (TPSA) is 69.1 Å². The van der Waals surface area contributed by atoms with Crippen LogP contribution in [0, 0.1) is 0 Å². The zero-order valence-corrected chi connectivity index (χ0v) is 7.72. The number of hydrogen-bond acceptors (Lipinski definition) is 4. The van der Waals surface area contributed by atoms with Crippen LogP contribution in [0.1, 0.15) is 30.1 Å². The Labute approximate surface area is 81.0 Å². The molecule has 72 valence electrons. The van der Waals surface area contributed by atoms with E-state index in [0.717, 1.165) is 5.82 Å². The summed E-state index contributed by atoms with van der Waals surface area (Å²) in [7, 11) is 0. The third kappa shape index (κ3) is 1.09. The lowest BCUT2D eigenvalue weighted by atomic mass is 10.2. The van der Waals surface area contributed by atoms with Crippen LogP contribution in [0.2, 0.25) is 0 Å². The van der Waals surface area contributed by atoms with E-state index in [9.17, 15) is 0 Å².